The molecule has 118 valence electrons. The summed E-state index contributed by atoms with van der Waals surface area (Å²) in [6.07, 6.45) is 4.43. The van der Waals surface area contributed by atoms with Gasteiger partial charge in [0.15, 0.2) is 5.82 Å². The highest BCUT2D eigenvalue weighted by molar-refractivity contribution is 6.33. The fourth-order valence-electron chi connectivity index (χ4n) is 2.80. The minimum atomic E-state index is 0.614. The van der Waals surface area contributed by atoms with E-state index in [0.717, 1.165) is 28.8 Å². The summed E-state index contributed by atoms with van der Waals surface area (Å²) in [7, 11) is 0. The summed E-state index contributed by atoms with van der Waals surface area (Å²) < 4.78 is 0. The first-order valence-electron chi connectivity index (χ1n) is 7.76. The molecule has 0 amide bonds. The molecule has 0 spiro atoms. The molecule has 1 N–H and O–H groups in total. The second-order valence-electron chi connectivity index (χ2n) is 5.65. The highest BCUT2D eigenvalue weighted by atomic mass is 35.5. The fraction of sp³-hybridized carbons (Fsp3) is 0.105. The van der Waals surface area contributed by atoms with Crippen molar-refractivity contribution < 1.29 is 0 Å². The van der Waals surface area contributed by atoms with Gasteiger partial charge in [0.25, 0.3) is 0 Å². The molecule has 0 fully saturated rings. The Labute approximate surface area is 144 Å². The summed E-state index contributed by atoms with van der Waals surface area (Å²) in [6.45, 7) is 0.734. The van der Waals surface area contributed by atoms with Crippen molar-refractivity contribution in [3.05, 3.63) is 65.8 Å². The number of hydrogen-bond acceptors (Lipinski definition) is 4. The number of allylic oxidation sites excluding steroid dienone is 1. The minimum Gasteiger partial charge on any atom is -0.332 e. The van der Waals surface area contributed by atoms with Gasteiger partial charge in [-0.05, 0) is 30.3 Å². The number of nitrogens with zero attached hydrogens (tertiary/aromatic N) is 3. The largest absolute Gasteiger partial charge is 0.332 e. The molecule has 1 aliphatic rings. The van der Waals surface area contributed by atoms with Gasteiger partial charge in [-0.1, -0.05) is 35.9 Å². The van der Waals surface area contributed by atoms with E-state index in [2.05, 4.69) is 9.88 Å². The van der Waals surface area contributed by atoms with Crippen LogP contribution < -0.4 is 4.90 Å². The van der Waals surface area contributed by atoms with Gasteiger partial charge < -0.3 is 10.3 Å². The van der Waals surface area contributed by atoms with Crippen molar-refractivity contribution in [1.29, 1.82) is 5.41 Å². The summed E-state index contributed by atoms with van der Waals surface area (Å²) in [5.74, 6) is 1.46. The molecule has 0 aliphatic carbocycles. The van der Waals surface area contributed by atoms with Gasteiger partial charge in [-0.25, -0.2) is 9.97 Å². The van der Waals surface area contributed by atoms with Crippen LogP contribution in [0.15, 0.2) is 60.8 Å². The van der Waals surface area contributed by atoms with Crippen LogP contribution >= 0.6 is 11.6 Å². The Morgan fingerprint density at radius 3 is 2.58 bits per heavy atom. The third kappa shape index (κ3) is 2.65. The number of anilines is 1. The lowest BCUT2D eigenvalue weighted by Gasteiger charge is -2.24. The zero-order chi connectivity index (χ0) is 16.5. The Kier molecular flexibility index (Phi) is 3.75. The van der Waals surface area contributed by atoms with E-state index >= 15 is 0 Å². The van der Waals surface area contributed by atoms with Crippen molar-refractivity contribution in [1.82, 2.24) is 9.97 Å². The summed E-state index contributed by atoms with van der Waals surface area (Å²) in [5, 5.41) is 9.37. The molecule has 3 aromatic rings. The van der Waals surface area contributed by atoms with Crippen LogP contribution in [-0.2, 0) is 0 Å². The van der Waals surface area contributed by atoms with Crippen LogP contribution in [0, 0.1) is 5.41 Å². The maximum absolute atomic E-state index is 7.75. The fourth-order valence-corrected chi connectivity index (χ4v) is 3.02. The molecule has 5 heteroatoms. The van der Waals surface area contributed by atoms with E-state index in [-0.39, 0.29) is 0 Å². The number of para-hydroxylation sites is 1. The van der Waals surface area contributed by atoms with Crippen LogP contribution in [0.5, 0.6) is 0 Å². The average Bonchev–Trinajstić information content (AvgIpc) is 2.62. The molecule has 0 radical (unpaired) electrons. The van der Waals surface area contributed by atoms with E-state index in [0.29, 0.717) is 23.0 Å². The summed E-state index contributed by atoms with van der Waals surface area (Å²) in [6, 6.07) is 15.6. The molecule has 2 heterocycles. The van der Waals surface area contributed by atoms with E-state index in [4.69, 9.17) is 22.0 Å². The van der Waals surface area contributed by atoms with Gasteiger partial charge in [-0.3, -0.25) is 0 Å². The molecule has 0 unspecified atom stereocenters. The zero-order valence-corrected chi connectivity index (χ0v) is 13.7. The van der Waals surface area contributed by atoms with Gasteiger partial charge in [-0.2, -0.15) is 0 Å². The van der Waals surface area contributed by atoms with Crippen LogP contribution in [0.2, 0.25) is 5.02 Å². The Bertz CT molecular complexity index is 964. The lowest BCUT2D eigenvalue weighted by Crippen LogP contribution is -2.25. The molecule has 24 heavy (non-hydrogen) atoms. The first-order valence-corrected chi connectivity index (χ1v) is 8.14. The molecular formula is C19H15ClN4. The Hall–Kier alpha value is -2.72. The Balaban J connectivity index is 1.93. The number of nitrogens with one attached hydrogen (secondary N) is 1. The van der Waals surface area contributed by atoms with Crippen LogP contribution in [0.1, 0.15) is 6.42 Å². The predicted molar refractivity (Wildman–Crippen MR) is 98.8 cm³/mol. The van der Waals surface area contributed by atoms with E-state index in [1.807, 2.05) is 60.8 Å². The molecule has 4 rings (SSSR count). The lowest BCUT2D eigenvalue weighted by atomic mass is 10.1. The molecule has 4 nitrogen and oxygen atoms in total. The van der Waals surface area contributed by atoms with Crippen molar-refractivity contribution in [3.8, 4) is 11.4 Å². The molecule has 1 aromatic heterocycles. The lowest BCUT2D eigenvalue weighted by molar-refractivity contribution is 0.919. The summed E-state index contributed by atoms with van der Waals surface area (Å²) >= 11 is 6.33. The van der Waals surface area contributed by atoms with Gasteiger partial charge in [0.05, 0.1) is 10.5 Å². The number of aromatic nitrogens is 2. The minimum absolute atomic E-state index is 0.614. The normalized spacial score (nSPS) is 14.4. The van der Waals surface area contributed by atoms with Crippen molar-refractivity contribution in [3.63, 3.8) is 0 Å². The molecule has 0 bridgehead atoms. The van der Waals surface area contributed by atoms with Gasteiger partial charge >= 0.3 is 0 Å². The number of hydrogen-bond donors (Lipinski definition) is 1. The highest BCUT2D eigenvalue weighted by Crippen LogP contribution is 2.31. The highest BCUT2D eigenvalue weighted by Gasteiger charge is 2.17. The maximum Gasteiger partial charge on any atom is 0.163 e. The van der Waals surface area contributed by atoms with Gasteiger partial charge in [0, 0.05) is 35.8 Å². The van der Waals surface area contributed by atoms with Gasteiger partial charge in [-0.15, -0.1) is 0 Å². The van der Waals surface area contributed by atoms with Crippen molar-refractivity contribution in [2.24, 2.45) is 0 Å². The average molecular weight is 335 g/mol. The smallest absolute Gasteiger partial charge is 0.163 e. The van der Waals surface area contributed by atoms with Gasteiger partial charge in [0.1, 0.15) is 5.82 Å². The molecule has 0 saturated heterocycles. The topological polar surface area (TPSA) is 52.9 Å². The first-order chi connectivity index (χ1) is 11.7. The summed E-state index contributed by atoms with van der Waals surface area (Å²) in [4.78, 5) is 11.5. The second-order valence-corrected chi connectivity index (χ2v) is 6.06. The third-order valence-electron chi connectivity index (χ3n) is 4.05. The molecule has 0 saturated carbocycles. The van der Waals surface area contributed by atoms with E-state index in [9.17, 15) is 0 Å². The third-order valence-corrected chi connectivity index (χ3v) is 4.38. The second kappa shape index (κ2) is 6.06. The van der Waals surface area contributed by atoms with Crippen LogP contribution in [0.25, 0.3) is 22.3 Å². The SMILES string of the molecule is N=C1C=CN(c2nc(-c3ccccc3Cl)nc3ccccc23)CC1. The monoisotopic (exact) mass is 334 g/mol. The van der Waals surface area contributed by atoms with E-state index < -0.39 is 0 Å². The molecular weight excluding hydrogens is 320 g/mol. The number of benzene rings is 2. The van der Waals surface area contributed by atoms with Crippen LogP contribution in [0.4, 0.5) is 5.82 Å². The zero-order valence-electron chi connectivity index (χ0n) is 12.9. The predicted octanol–water partition coefficient (Wildman–Crippen LogP) is 4.69. The molecule has 0 atom stereocenters. The summed E-state index contributed by atoms with van der Waals surface area (Å²) in [5.41, 5.74) is 2.34. The Morgan fingerprint density at radius 1 is 1.00 bits per heavy atom. The first kappa shape index (κ1) is 14.8. The Morgan fingerprint density at radius 2 is 1.79 bits per heavy atom. The van der Waals surface area contributed by atoms with Crippen LogP contribution in [-0.4, -0.2) is 22.2 Å². The van der Waals surface area contributed by atoms with Crippen molar-refractivity contribution in [2.45, 2.75) is 6.42 Å². The van der Waals surface area contributed by atoms with Gasteiger partial charge in [0.2, 0.25) is 0 Å². The van der Waals surface area contributed by atoms with Crippen molar-refractivity contribution in [2.75, 3.05) is 11.4 Å². The van der Waals surface area contributed by atoms with Crippen molar-refractivity contribution >= 4 is 34.0 Å². The van der Waals surface area contributed by atoms with E-state index in [1.165, 1.54) is 0 Å². The number of rotatable bonds is 2. The standard InChI is InChI=1S/C19H15ClN4/c20-16-7-3-1-5-14(16)18-22-17-8-4-2-6-15(17)19(23-18)24-11-9-13(21)10-12-24/h1-9,11,21H,10,12H2. The quantitative estimate of drug-likeness (QED) is 0.739. The number of fused-ring (bicyclic) bond motifs is 1. The number of halogens is 1. The molecule has 1 aliphatic heterocycles. The van der Waals surface area contributed by atoms with E-state index in [1.54, 1.807) is 0 Å². The van der Waals surface area contributed by atoms with Crippen LogP contribution in [0.3, 0.4) is 0 Å². The maximum atomic E-state index is 7.75. The molecule has 2 aromatic carbocycles.